The topological polar surface area (TPSA) is 183 Å². The number of aliphatic hydroxyl groups is 5. The number of cyclic esters (lactones) is 1. The molecular formula is C41H64O13. The summed E-state index contributed by atoms with van der Waals surface area (Å²) in [5.74, 6) is 1.13. The molecule has 8 aliphatic rings. The molecule has 3 saturated heterocycles. The standard InChI is InChI=1S/C41H64O13/c1-20-36(46)29(42)16-34(49-20)53-38-22(3)51-35(18-31(38)44)54-37-21(2)50-33(17-30(37)43)52-25-8-11-39(4)24(15-25)6-7-28-27(39)9-12-40(5)26(10-13-41(28,40)47)23-14-32(45)48-19-23/h14,20-22,24-31,33-38,42-44,46-47H,6-13,15-19H2,1-5H3/t20-,21-,22-,24-,25+,26+,27+,28+,29+,30+,31+,33+,34-,35-,36+,37+,38+,39-,40-,41+/m1/s1. The number of hydrogen-bond donors (Lipinski definition) is 5. The second-order valence-corrected chi connectivity index (χ2v) is 18.7. The molecular weight excluding hydrogens is 700 g/mol. The second-order valence-electron chi connectivity index (χ2n) is 18.7. The Labute approximate surface area is 319 Å². The van der Waals surface area contributed by atoms with Crippen molar-refractivity contribution in [2.45, 2.75) is 197 Å². The first-order valence-electron chi connectivity index (χ1n) is 20.8. The molecule has 7 fully saturated rings. The maximum absolute atomic E-state index is 12.6. The molecule has 54 heavy (non-hydrogen) atoms. The molecule has 0 amide bonds. The Hall–Kier alpha value is -1.23. The van der Waals surface area contributed by atoms with Gasteiger partial charge in [-0.1, -0.05) is 13.8 Å². The minimum absolute atomic E-state index is 0.0243. The Morgan fingerprint density at radius 2 is 1.30 bits per heavy atom. The lowest BCUT2D eigenvalue weighted by molar-refractivity contribution is -0.336. The molecule has 0 aromatic heterocycles. The third-order valence-corrected chi connectivity index (χ3v) is 15.9. The first kappa shape index (κ1) is 39.6. The van der Waals surface area contributed by atoms with Crippen LogP contribution in [-0.4, -0.2) is 124 Å². The van der Waals surface area contributed by atoms with Crippen molar-refractivity contribution in [2.24, 2.45) is 34.5 Å². The lowest BCUT2D eigenvalue weighted by Gasteiger charge is -2.64. The van der Waals surface area contributed by atoms with Crippen LogP contribution in [0.1, 0.15) is 112 Å². The third-order valence-electron chi connectivity index (χ3n) is 15.9. The molecule has 0 spiro atoms. The zero-order chi connectivity index (χ0) is 38.3. The highest BCUT2D eigenvalue weighted by atomic mass is 16.7. The van der Waals surface area contributed by atoms with Gasteiger partial charge < -0.3 is 58.7 Å². The summed E-state index contributed by atoms with van der Waals surface area (Å²) in [7, 11) is 0. The second kappa shape index (κ2) is 14.9. The highest BCUT2D eigenvalue weighted by Crippen LogP contribution is 2.70. The summed E-state index contributed by atoms with van der Waals surface area (Å²) in [6.45, 7) is 10.4. The first-order chi connectivity index (χ1) is 25.6. The fraction of sp³-hybridized carbons (Fsp3) is 0.927. The summed E-state index contributed by atoms with van der Waals surface area (Å²) >= 11 is 0. The SMILES string of the molecule is C[C@H]1O[C@H](O[C@@H]2[C@@H](O)C[C@@H](O[C@@H]3[C@@H](O)C[C@H](O[C@H]4CC[C@]5(C)[C@H](CC[C@H]6[C@@H]5CC[C@]5(C)[C@H](C7=CC(=O)OC7)CC[C@]65O)C4)O[C@@H]3C)O[C@@H]2C)C[C@H](O)[C@H]1O. The molecule has 0 aromatic carbocycles. The van der Waals surface area contributed by atoms with Gasteiger partial charge in [0.2, 0.25) is 0 Å². The Kier molecular flexibility index (Phi) is 10.9. The van der Waals surface area contributed by atoms with Gasteiger partial charge in [-0.05, 0) is 113 Å². The summed E-state index contributed by atoms with van der Waals surface area (Å²) in [5, 5.41) is 55.0. The van der Waals surface area contributed by atoms with E-state index in [0.29, 0.717) is 18.4 Å². The van der Waals surface area contributed by atoms with Crippen LogP contribution in [0.15, 0.2) is 11.6 Å². The van der Waals surface area contributed by atoms with Gasteiger partial charge in [0.15, 0.2) is 18.9 Å². The van der Waals surface area contributed by atoms with E-state index < -0.39 is 79.4 Å². The van der Waals surface area contributed by atoms with Gasteiger partial charge in [0, 0.05) is 30.8 Å². The zero-order valence-corrected chi connectivity index (χ0v) is 32.6. The maximum Gasteiger partial charge on any atom is 0.331 e. The van der Waals surface area contributed by atoms with Gasteiger partial charge in [-0.25, -0.2) is 4.79 Å². The van der Waals surface area contributed by atoms with E-state index in [-0.39, 0.29) is 54.0 Å². The van der Waals surface area contributed by atoms with Crippen LogP contribution in [0.25, 0.3) is 0 Å². The zero-order valence-electron chi connectivity index (χ0n) is 32.6. The van der Waals surface area contributed by atoms with Crippen molar-refractivity contribution in [2.75, 3.05) is 6.61 Å². The number of aliphatic hydroxyl groups excluding tert-OH is 4. The van der Waals surface area contributed by atoms with Crippen LogP contribution in [0.2, 0.25) is 0 Å². The van der Waals surface area contributed by atoms with Crippen molar-refractivity contribution >= 4 is 5.97 Å². The molecule has 20 atom stereocenters. The molecule has 0 radical (unpaired) electrons. The Morgan fingerprint density at radius 3 is 1.89 bits per heavy atom. The van der Waals surface area contributed by atoms with E-state index in [1.807, 2.05) is 6.92 Å². The van der Waals surface area contributed by atoms with E-state index in [2.05, 4.69) is 13.8 Å². The average molecular weight is 765 g/mol. The van der Waals surface area contributed by atoms with Gasteiger partial charge in [-0.2, -0.15) is 0 Å². The molecule has 4 aliphatic heterocycles. The highest BCUT2D eigenvalue weighted by molar-refractivity contribution is 5.85. The fourth-order valence-corrected chi connectivity index (χ4v) is 12.8. The van der Waals surface area contributed by atoms with E-state index in [9.17, 15) is 30.3 Å². The highest BCUT2D eigenvalue weighted by Gasteiger charge is 2.68. The van der Waals surface area contributed by atoms with Crippen molar-refractivity contribution in [3.8, 4) is 0 Å². The lowest BCUT2D eigenvalue weighted by Crippen LogP contribution is -2.62. The molecule has 13 nitrogen and oxygen atoms in total. The van der Waals surface area contributed by atoms with Crippen LogP contribution in [0.4, 0.5) is 0 Å². The van der Waals surface area contributed by atoms with Crippen molar-refractivity contribution in [1.29, 1.82) is 0 Å². The molecule has 8 rings (SSSR count). The predicted octanol–water partition coefficient (Wildman–Crippen LogP) is 3.25. The number of fused-ring (bicyclic) bond motifs is 5. The van der Waals surface area contributed by atoms with Gasteiger partial charge in [0.1, 0.15) is 24.9 Å². The van der Waals surface area contributed by atoms with Gasteiger partial charge in [0.05, 0.1) is 48.3 Å². The average Bonchev–Trinajstić information content (AvgIpc) is 3.66. The molecule has 4 saturated carbocycles. The van der Waals surface area contributed by atoms with E-state index in [1.165, 1.54) is 0 Å². The number of esters is 1. The molecule has 13 heteroatoms. The fourth-order valence-electron chi connectivity index (χ4n) is 12.8. The number of ether oxygens (including phenoxy) is 7. The summed E-state index contributed by atoms with van der Waals surface area (Å²) in [6, 6.07) is 0. The van der Waals surface area contributed by atoms with Crippen LogP contribution in [0.5, 0.6) is 0 Å². The molecule has 306 valence electrons. The summed E-state index contributed by atoms with van der Waals surface area (Å²) in [6.07, 6.45) is 1.90. The maximum atomic E-state index is 12.6. The van der Waals surface area contributed by atoms with Gasteiger partial charge in [0.25, 0.3) is 0 Å². The normalized spacial score (nSPS) is 55.0. The van der Waals surface area contributed by atoms with Crippen LogP contribution >= 0.6 is 0 Å². The van der Waals surface area contributed by atoms with Gasteiger partial charge in [-0.15, -0.1) is 0 Å². The van der Waals surface area contributed by atoms with Crippen molar-refractivity contribution in [3.63, 3.8) is 0 Å². The van der Waals surface area contributed by atoms with Crippen molar-refractivity contribution in [3.05, 3.63) is 11.6 Å². The lowest BCUT2D eigenvalue weighted by atomic mass is 9.43. The number of hydrogen-bond acceptors (Lipinski definition) is 13. The number of rotatable bonds is 7. The van der Waals surface area contributed by atoms with E-state index in [0.717, 1.165) is 63.4 Å². The summed E-state index contributed by atoms with van der Waals surface area (Å²) in [4.78, 5) is 11.9. The van der Waals surface area contributed by atoms with Crippen LogP contribution < -0.4 is 0 Å². The van der Waals surface area contributed by atoms with Crippen LogP contribution in [0.3, 0.4) is 0 Å². The van der Waals surface area contributed by atoms with Crippen LogP contribution in [0, 0.1) is 34.5 Å². The molecule has 4 aliphatic carbocycles. The van der Waals surface area contributed by atoms with E-state index >= 15 is 0 Å². The smallest absolute Gasteiger partial charge is 0.331 e. The number of carbonyl (C=O) groups is 1. The summed E-state index contributed by atoms with van der Waals surface area (Å²) in [5.41, 5.74) is 0.215. The first-order valence-corrected chi connectivity index (χ1v) is 20.8. The number of carbonyl (C=O) groups excluding carboxylic acids is 1. The largest absolute Gasteiger partial charge is 0.458 e. The molecule has 0 aromatic rings. The summed E-state index contributed by atoms with van der Waals surface area (Å²) < 4.78 is 42.2. The minimum atomic E-state index is -0.996. The minimum Gasteiger partial charge on any atom is -0.458 e. The monoisotopic (exact) mass is 764 g/mol. The van der Waals surface area contributed by atoms with Crippen LogP contribution in [-0.2, 0) is 38.0 Å². The quantitative estimate of drug-likeness (QED) is 0.188. The third kappa shape index (κ3) is 6.82. The molecule has 4 heterocycles. The van der Waals surface area contributed by atoms with Gasteiger partial charge >= 0.3 is 5.97 Å². The molecule has 0 bridgehead atoms. The van der Waals surface area contributed by atoms with Gasteiger partial charge in [-0.3, -0.25) is 0 Å². The van der Waals surface area contributed by atoms with E-state index in [1.54, 1.807) is 19.9 Å². The van der Waals surface area contributed by atoms with E-state index in [4.69, 9.17) is 33.2 Å². The van der Waals surface area contributed by atoms with Crippen molar-refractivity contribution < 1.29 is 63.5 Å². The Balaban J connectivity index is 0.826. The molecule has 5 N–H and O–H groups in total. The molecule has 0 unspecified atom stereocenters. The Morgan fingerprint density at radius 1 is 0.685 bits per heavy atom. The predicted molar refractivity (Wildman–Crippen MR) is 191 cm³/mol. The Bertz CT molecular complexity index is 1370. The van der Waals surface area contributed by atoms with Crippen molar-refractivity contribution in [1.82, 2.24) is 0 Å².